The van der Waals surface area contributed by atoms with Gasteiger partial charge in [0.25, 0.3) is 0 Å². The lowest BCUT2D eigenvalue weighted by Gasteiger charge is -2.24. The Morgan fingerprint density at radius 1 is 1.48 bits per heavy atom. The molecule has 0 bridgehead atoms. The molecule has 0 radical (unpaired) electrons. The number of aromatic amines is 1. The first-order chi connectivity index (χ1) is 12.7. The van der Waals surface area contributed by atoms with E-state index in [1.807, 2.05) is 33.8 Å². The Bertz CT molecular complexity index is 816. The largest absolute Gasteiger partial charge is 0.444 e. The van der Waals surface area contributed by atoms with Gasteiger partial charge in [-0.25, -0.2) is 19.2 Å². The van der Waals surface area contributed by atoms with Crippen molar-refractivity contribution in [1.29, 1.82) is 0 Å². The number of anilines is 2. The van der Waals surface area contributed by atoms with Gasteiger partial charge in [0, 0.05) is 24.8 Å². The lowest BCUT2D eigenvalue weighted by Crippen LogP contribution is -2.35. The van der Waals surface area contributed by atoms with Crippen LogP contribution in [0.2, 0.25) is 0 Å². The molecule has 1 unspecified atom stereocenters. The second kappa shape index (κ2) is 7.50. The summed E-state index contributed by atoms with van der Waals surface area (Å²) in [5.41, 5.74) is 0.697. The number of carbonyl (C=O) groups excluding carboxylic acids is 1. The number of nitrogens with zero attached hydrogens (tertiary/aromatic N) is 4. The maximum Gasteiger partial charge on any atom is 0.410 e. The van der Waals surface area contributed by atoms with Gasteiger partial charge in [-0.2, -0.15) is 5.10 Å². The van der Waals surface area contributed by atoms with Crippen LogP contribution in [-0.2, 0) is 11.2 Å². The predicted molar refractivity (Wildman–Crippen MR) is 98.2 cm³/mol. The van der Waals surface area contributed by atoms with Crippen LogP contribution in [0.1, 0.15) is 38.6 Å². The van der Waals surface area contributed by atoms with Gasteiger partial charge in [0.2, 0.25) is 5.95 Å². The van der Waals surface area contributed by atoms with Crippen molar-refractivity contribution in [3.63, 3.8) is 0 Å². The Morgan fingerprint density at radius 2 is 2.26 bits per heavy atom. The number of H-pyrrole nitrogens is 1. The van der Waals surface area contributed by atoms with E-state index in [1.165, 1.54) is 0 Å². The minimum absolute atomic E-state index is 0.127. The highest BCUT2D eigenvalue weighted by Gasteiger charge is 2.30. The number of nitrogens with one attached hydrogen (secondary N) is 2. The SMILES string of the molecule is Cc1cc(Nc2ncc(F)c(CC3CCN(C(=O)OC(C)(C)C)C3)n2)n[nH]1. The van der Waals surface area contributed by atoms with Crippen LogP contribution in [0.3, 0.4) is 0 Å². The molecule has 8 nitrogen and oxygen atoms in total. The number of amides is 1. The van der Waals surface area contributed by atoms with Crippen molar-refractivity contribution < 1.29 is 13.9 Å². The maximum absolute atomic E-state index is 14.2. The zero-order valence-electron chi connectivity index (χ0n) is 16.0. The Labute approximate surface area is 157 Å². The molecule has 0 aliphatic carbocycles. The number of ether oxygens (including phenoxy) is 1. The monoisotopic (exact) mass is 376 g/mol. The summed E-state index contributed by atoms with van der Waals surface area (Å²) in [6.07, 6.45) is 2.04. The number of halogens is 1. The van der Waals surface area contributed by atoms with E-state index in [0.29, 0.717) is 37.0 Å². The number of hydrogen-bond acceptors (Lipinski definition) is 6. The molecule has 2 aromatic heterocycles. The zero-order valence-corrected chi connectivity index (χ0v) is 16.0. The second-order valence-electron chi connectivity index (χ2n) is 7.83. The molecule has 1 fully saturated rings. The lowest BCUT2D eigenvalue weighted by molar-refractivity contribution is 0.0288. The number of aromatic nitrogens is 4. The first-order valence-corrected chi connectivity index (χ1v) is 8.98. The van der Waals surface area contributed by atoms with Crippen LogP contribution in [0, 0.1) is 18.7 Å². The molecule has 3 heterocycles. The summed E-state index contributed by atoms with van der Waals surface area (Å²) in [4.78, 5) is 22.1. The van der Waals surface area contributed by atoms with Crippen LogP contribution in [0.25, 0.3) is 0 Å². The Kier molecular flexibility index (Phi) is 5.29. The fourth-order valence-corrected chi connectivity index (χ4v) is 2.97. The Morgan fingerprint density at radius 3 is 2.93 bits per heavy atom. The van der Waals surface area contributed by atoms with Gasteiger partial charge >= 0.3 is 6.09 Å². The summed E-state index contributed by atoms with van der Waals surface area (Å²) in [7, 11) is 0. The van der Waals surface area contributed by atoms with E-state index in [2.05, 4.69) is 25.5 Å². The van der Waals surface area contributed by atoms with Gasteiger partial charge in [0.05, 0.1) is 11.9 Å². The number of likely N-dealkylation sites (tertiary alicyclic amines) is 1. The zero-order chi connectivity index (χ0) is 19.6. The minimum Gasteiger partial charge on any atom is -0.444 e. The summed E-state index contributed by atoms with van der Waals surface area (Å²) < 4.78 is 19.6. The van der Waals surface area contributed by atoms with Crippen molar-refractivity contribution in [2.45, 2.75) is 46.1 Å². The van der Waals surface area contributed by atoms with Crippen molar-refractivity contribution >= 4 is 17.9 Å². The highest BCUT2D eigenvalue weighted by Crippen LogP contribution is 2.24. The summed E-state index contributed by atoms with van der Waals surface area (Å²) in [5.74, 6) is 0.541. The van der Waals surface area contributed by atoms with Crippen molar-refractivity contribution in [1.82, 2.24) is 25.1 Å². The topological polar surface area (TPSA) is 96.0 Å². The molecule has 1 aliphatic heterocycles. The summed E-state index contributed by atoms with van der Waals surface area (Å²) in [6, 6.07) is 1.81. The molecule has 3 rings (SSSR count). The van der Waals surface area contributed by atoms with E-state index < -0.39 is 11.4 Å². The molecule has 2 aromatic rings. The first kappa shape index (κ1) is 19.1. The van der Waals surface area contributed by atoms with E-state index in [0.717, 1.165) is 18.3 Å². The number of aryl methyl sites for hydroxylation is 1. The minimum atomic E-state index is -0.529. The Hall–Kier alpha value is -2.71. The lowest BCUT2D eigenvalue weighted by atomic mass is 10.0. The van der Waals surface area contributed by atoms with Crippen molar-refractivity contribution in [2.75, 3.05) is 18.4 Å². The molecule has 0 saturated carbocycles. The van der Waals surface area contributed by atoms with Crippen LogP contribution >= 0.6 is 0 Å². The van der Waals surface area contributed by atoms with E-state index in [1.54, 1.807) is 4.90 Å². The molecule has 2 N–H and O–H groups in total. The number of carbonyl (C=O) groups is 1. The summed E-state index contributed by atoms with van der Waals surface area (Å²) in [5, 5.41) is 9.82. The van der Waals surface area contributed by atoms with Crippen LogP contribution in [-0.4, -0.2) is 49.8 Å². The van der Waals surface area contributed by atoms with E-state index in [-0.39, 0.29) is 12.0 Å². The molecule has 1 aliphatic rings. The molecule has 1 amide bonds. The number of hydrogen-bond donors (Lipinski definition) is 2. The third kappa shape index (κ3) is 5.15. The first-order valence-electron chi connectivity index (χ1n) is 8.98. The van der Waals surface area contributed by atoms with Crippen molar-refractivity contribution in [3.05, 3.63) is 29.5 Å². The van der Waals surface area contributed by atoms with Gasteiger partial charge in [-0.3, -0.25) is 5.10 Å². The van der Waals surface area contributed by atoms with Crippen LogP contribution in [0.15, 0.2) is 12.3 Å². The summed E-state index contributed by atoms with van der Waals surface area (Å²) in [6.45, 7) is 8.52. The molecule has 27 heavy (non-hydrogen) atoms. The van der Waals surface area contributed by atoms with Crippen molar-refractivity contribution in [2.24, 2.45) is 5.92 Å². The Balaban J connectivity index is 1.62. The normalized spacial score (nSPS) is 17.2. The molecule has 146 valence electrons. The molecular weight excluding hydrogens is 351 g/mol. The van der Waals surface area contributed by atoms with Gasteiger partial charge in [-0.15, -0.1) is 0 Å². The van der Waals surface area contributed by atoms with Gasteiger partial charge in [-0.05, 0) is 46.5 Å². The van der Waals surface area contributed by atoms with Gasteiger partial charge in [-0.1, -0.05) is 0 Å². The van der Waals surface area contributed by atoms with Crippen LogP contribution < -0.4 is 5.32 Å². The molecule has 1 saturated heterocycles. The van der Waals surface area contributed by atoms with Gasteiger partial charge < -0.3 is 15.0 Å². The average Bonchev–Trinajstić information content (AvgIpc) is 3.18. The van der Waals surface area contributed by atoms with Crippen molar-refractivity contribution in [3.8, 4) is 0 Å². The standard InChI is InChI=1S/C18H25FN6O2/c1-11-7-15(24-23-11)22-16-20-9-13(19)14(21-16)8-12-5-6-25(10-12)17(26)27-18(2,3)4/h7,9,12H,5-6,8,10H2,1-4H3,(H2,20,21,22,23,24). The highest BCUT2D eigenvalue weighted by atomic mass is 19.1. The van der Waals surface area contributed by atoms with Gasteiger partial charge in [0.15, 0.2) is 11.6 Å². The predicted octanol–water partition coefficient (Wildman–Crippen LogP) is 3.19. The third-order valence-electron chi connectivity index (χ3n) is 4.18. The number of rotatable bonds is 4. The van der Waals surface area contributed by atoms with E-state index in [9.17, 15) is 9.18 Å². The second-order valence-corrected chi connectivity index (χ2v) is 7.83. The molecule has 1 atom stereocenters. The smallest absolute Gasteiger partial charge is 0.410 e. The average molecular weight is 376 g/mol. The fourth-order valence-electron chi connectivity index (χ4n) is 2.97. The fraction of sp³-hybridized carbons (Fsp3) is 0.556. The van der Waals surface area contributed by atoms with Crippen LogP contribution in [0.5, 0.6) is 0 Å². The molecule has 0 aromatic carbocycles. The van der Waals surface area contributed by atoms with E-state index in [4.69, 9.17) is 4.74 Å². The highest BCUT2D eigenvalue weighted by molar-refractivity contribution is 5.68. The van der Waals surface area contributed by atoms with Crippen LogP contribution in [0.4, 0.5) is 21.0 Å². The molecule has 0 spiro atoms. The maximum atomic E-state index is 14.2. The van der Waals surface area contributed by atoms with E-state index >= 15 is 0 Å². The summed E-state index contributed by atoms with van der Waals surface area (Å²) >= 11 is 0. The third-order valence-corrected chi connectivity index (χ3v) is 4.18. The molecular formula is C18H25FN6O2. The molecule has 9 heteroatoms. The van der Waals surface area contributed by atoms with Gasteiger partial charge in [0.1, 0.15) is 5.60 Å². The quantitative estimate of drug-likeness (QED) is 0.851.